The van der Waals surface area contributed by atoms with E-state index in [9.17, 15) is 19.1 Å². The third kappa shape index (κ3) is 6.51. The van der Waals surface area contributed by atoms with E-state index in [1.54, 1.807) is 13.8 Å². The monoisotopic (exact) mass is 501 g/mol. The summed E-state index contributed by atoms with van der Waals surface area (Å²) in [6.07, 6.45) is 0. The van der Waals surface area contributed by atoms with E-state index in [1.807, 2.05) is 24.3 Å². The summed E-state index contributed by atoms with van der Waals surface area (Å²) in [6, 6.07) is 12.8. The Morgan fingerprint density at radius 3 is 2.39 bits per heavy atom. The maximum atomic E-state index is 13.1. The molecule has 0 radical (unpaired) electrons. The molecule has 2 saturated heterocycles. The summed E-state index contributed by atoms with van der Waals surface area (Å²) in [5.74, 6) is 0.499. The topological polar surface area (TPSA) is 101 Å². The average molecular weight is 502 g/mol. The van der Waals surface area contributed by atoms with Gasteiger partial charge in [0.05, 0.1) is 19.8 Å². The second-order valence-corrected chi connectivity index (χ2v) is 9.73. The Labute approximate surface area is 209 Å². The number of amides is 3. The normalized spacial score (nSPS) is 22.3. The summed E-state index contributed by atoms with van der Waals surface area (Å²) in [5.41, 5.74) is -1.07. The molecule has 10 heteroatoms. The molecule has 1 atom stereocenters. The Kier molecular flexibility index (Phi) is 7.77. The Balaban J connectivity index is 1.26. The summed E-state index contributed by atoms with van der Waals surface area (Å²) in [6.45, 7) is 5.96. The molecule has 2 fully saturated rings. The first kappa shape index (κ1) is 25.9. The van der Waals surface area contributed by atoms with Crippen LogP contribution in [0.3, 0.4) is 0 Å². The van der Waals surface area contributed by atoms with E-state index in [-0.39, 0.29) is 38.1 Å². The molecule has 194 valence electrons. The minimum absolute atomic E-state index is 0.0244. The summed E-state index contributed by atoms with van der Waals surface area (Å²) < 4.78 is 30.1. The van der Waals surface area contributed by atoms with Gasteiger partial charge < -0.3 is 24.6 Å². The molecule has 4 rings (SSSR count). The van der Waals surface area contributed by atoms with E-state index in [1.165, 1.54) is 24.3 Å². The molecule has 0 spiro atoms. The van der Waals surface area contributed by atoms with E-state index in [4.69, 9.17) is 14.2 Å². The summed E-state index contributed by atoms with van der Waals surface area (Å²) in [4.78, 5) is 27.5. The molecule has 2 aromatic carbocycles. The Morgan fingerprint density at radius 1 is 1.06 bits per heavy atom. The highest BCUT2D eigenvalue weighted by Gasteiger charge is 2.43. The molecule has 2 N–H and O–H groups in total. The number of aliphatic hydroxyl groups is 1. The number of β-amino-alcohol motifs (C(OH)–C–C–N with tert-alkyl or cyclic N) is 1. The van der Waals surface area contributed by atoms with Crippen LogP contribution in [0.4, 0.5) is 9.18 Å². The van der Waals surface area contributed by atoms with Gasteiger partial charge in [-0.3, -0.25) is 14.6 Å². The lowest BCUT2D eigenvalue weighted by Gasteiger charge is -2.30. The van der Waals surface area contributed by atoms with Gasteiger partial charge in [-0.15, -0.1) is 0 Å². The number of rotatable bonds is 9. The number of urea groups is 1. The maximum absolute atomic E-state index is 13.1. The van der Waals surface area contributed by atoms with E-state index in [0.29, 0.717) is 37.7 Å². The maximum Gasteiger partial charge on any atom is 0.325 e. The molecule has 2 aliphatic heterocycles. The van der Waals surface area contributed by atoms with Gasteiger partial charge in [-0.1, -0.05) is 12.1 Å². The van der Waals surface area contributed by atoms with Crippen molar-refractivity contribution < 1.29 is 33.3 Å². The molecule has 36 heavy (non-hydrogen) atoms. The number of hydrogen-bond acceptors (Lipinski definition) is 7. The summed E-state index contributed by atoms with van der Waals surface area (Å²) in [5, 5.41) is 13.7. The van der Waals surface area contributed by atoms with Crippen molar-refractivity contribution in [1.82, 2.24) is 15.1 Å². The fourth-order valence-electron chi connectivity index (χ4n) is 4.19. The third-order valence-electron chi connectivity index (χ3n) is 6.12. The SMILES string of the molecule is CC1(C)NC(=O)N(CCOc2ccc(CN3CCOCC(O)(COc4ccc(F)cc4)C3)cc2)C1=O. The lowest BCUT2D eigenvalue weighted by Crippen LogP contribution is -2.48. The molecular weight excluding hydrogens is 469 g/mol. The van der Waals surface area contributed by atoms with Crippen LogP contribution < -0.4 is 14.8 Å². The molecule has 2 aliphatic rings. The number of carbonyl (C=O) groups excluding carboxylic acids is 2. The van der Waals surface area contributed by atoms with E-state index in [2.05, 4.69) is 10.2 Å². The van der Waals surface area contributed by atoms with Crippen LogP contribution in [0.25, 0.3) is 0 Å². The molecule has 0 bridgehead atoms. The van der Waals surface area contributed by atoms with Gasteiger partial charge in [0, 0.05) is 19.6 Å². The quantitative estimate of drug-likeness (QED) is 0.508. The van der Waals surface area contributed by atoms with Crippen LogP contribution in [0.1, 0.15) is 19.4 Å². The highest BCUT2D eigenvalue weighted by atomic mass is 19.1. The van der Waals surface area contributed by atoms with E-state index in [0.717, 1.165) is 10.5 Å². The van der Waals surface area contributed by atoms with Gasteiger partial charge in [-0.05, 0) is 55.8 Å². The van der Waals surface area contributed by atoms with Gasteiger partial charge in [0.25, 0.3) is 5.91 Å². The molecule has 1 unspecified atom stereocenters. The van der Waals surface area contributed by atoms with Crippen molar-refractivity contribution in [2.75, 3.05) is 46.1 Å². The molecule has 3 amide bonds. The van der Waals surface area contributed by atoms with Crippen molar-refractivity contribution in [3.05, 3.63) is 59.9 Å². The predicted molar refractivity (Wildman–Crippen MR) is 129 cm³/mol. The lowest BCUT2D eigenvalue weighted by atomic mass is 10.1. The number of nitrogens with one attached hydrogen (secondary N) is 1. The van der Waals surface area contributed by atoms with Crippen molar-refractivity contribution >= 4 is 11.9 Å². The van der Waals surface area contributed by atoms with E-state index >= 15 is 0 Å². The van der Waals surface area contributed by atoms with Gasteiger partial charge in [-0.2, -0.15) is 0 Å². The van der Waals surface area contributed by atoms with Crippen molar-refractivity contribution in [3.8, 4) is 11.5 Å². The fraction of sp³-hybridized carbons (Fsp3) is 0.462. The summed E-state index contributed by atoms with van der Waals surface area (Å²) in [7, 11) is 0. The van der Waals surface area contributed by atoms with Gasteiger partial charge in [-0.25, -0.2) is 9.18 Å². The number of ether oxygens (including phenoxy) is 3. The Morgan fingerprint density at radius 2 is 1.72 bits per heavy atom. The first-order chi connectivity index (χ1) is 17.1. The third-order valence-corrected chi connectivity index (χ3v) is 6.12. The van der Waals surface area contributed by atoms with Crippen LogP contribution in [0, 0.1) is 5.82 Å². The number of carbonyl (C=O) groups is 2. The number of benzene rings is 2. The second kappa shape index (κ2) is 10.8. The van der Waals surface area contributed by atoms with Crippen molar-refractivity contribution in [2.24, 2.45) is 0 Å². The zero-order chi connectivity index (χ0) is 25.8. The van der Waals surface area contributed by atoms with Crippen LogP contribution in [0.5, 0.6) is 11.5 Å². The molecule has 2 heterocycles. The van der Waals surface area contributed by atoms with Crippen LogP contribution in [-0.4, -0.2) is 84.0 Å². The van der Waals surface area contributed by atoms with Crippen molar-refractivity contribution in [1.29, 1.82) is 0 Å². The average Bonchev–Trinajstić information content (AvgIpc) is 2.95. The minimum Gasteiger partial charge on any atom is -0.492 e. The molecular formula is C26H32FN3O6. The lowest BCUT2D eigenvalue weighted by molar-refractivity contribution is -0.130. The van der Waals surface area contributed by atoms with Gasteiger partial charge >= 0.3 is 6.03 Å². The minimum atomic E-state index is -1.21. The van der Waals surface area contributed by atoms with Crippen molar-refractivity contribution in [3.63, 3.8) is 0 Å². The molecule has 9 nitrogen and oxygen atoms in total. The first-order valence-corrected chi connectivity index (χ1v) is 11.9. The number of nitrogens with zero attached hydrogens (tertiary/aromatic N) is 2. The summed E-state index contributed by atoms with van der Waals surface area (Å²) >= 11 is 0. The standard InChI is InChI=1S/C26H32FN3O6/c1-25(2)23(31)30(24(32)28-25)12-14-35-21-7-3-19(4-8-21)15-29-11-13-34-17-26(33,16-29)18-36-22-9-5-20(27)6-10-22/h3-10,33H,11-18H2,1-2H3,(H,28,32). The largest absolute Gasteiger partial charge is 0.492 e. The predicted octanol–water partition coefficient (Wildman–Crippen LogP) is 2.18. The number of imide groups is 1. The smallest absolute Gasteiger partial charge is 0.325 e. The Bertz CT molecular complexity index is 1060. The van der Waals surface area contributed by atoms with Crippen LogP contribution >= 0.6 is 0 Å². The van der Waals surface area contributed by atoms with Crippen LogP contribution in [0.15, 0.2) is 48.5 Å². The van der Waals surface area contributed by atoms with Gasteiger partial charge in [0.1, 0.15) is 41.7 Å². The first-order valence-electron chi connectivity index (χ1n) is 11.9. The van der Waals surface area contributed by atoms with Crippen LogP contribution in [0.2, 0.25) is 0 Å². The van der Waals surface area contributed by atoms with Gasteiger partial charge in [0.15, 0.2) is 0 Å². The van der Waals surface area contributed by atoms with E-state index < -0.39 is 17.2 Å². The fourth-order valence-corrected chi connectivity index (χ4v) is 4.19. The molecule has 0 aromatic heterocycles. The molecule has 2 aromatic rings. The second-order valence-electron chi connectivity index (χ2n) is 9.73. The molecule has 0 saturated carbocycles. The highest BCUT2D eigenvalue weighted by Crippen LogP contribution is 2.20. The van der Waals surface area contributed by atoms with Gasteiger partial charge in [0.2, 0.25) is 0 Å². The highest BCUT2D eigenvalue weighted by molar-refractivity contribution is 6.06. The zero-order valence-corrected chi connectivity index (χ0v) is 20.5. The molecule has 0 aliphatic carbocycles. The van der Waals surface area contributed by atoms with Crippen molar-refractivity contribution in [2.45, 2.75) is 31.5 Å². The number of halogens is 1. The van der Waals surface area contributed by atoms with Crippen LogP contribution in [-0.2, 0) is 16.1 Å². The Hall–Kier alpha value is -3.21. The zero-order valence-electron chi connectivity index (χ0n) is 20.5. The number of hydrogen-bond donors (Lipinski definition) is 2.